The molecule has 156 valence electrons. The number of nitrogens with zero attached hydrogens (tertiary/aromatic N) is 5. The first kappa shape index (κ1) is 20.8. The predicted molar refractivity (Wildman–Crippen MR) is 109 cm³/mol. The second-order valence-electron chi connectivity index (χ2n) is 6.81. The molecule has 1 aliphatic rings. The number of guanidine groups is 1. The molecule has 1 unspecified atom stereocenters. The van der Waals surface area contributed by atoms with Crippen molar-refractivity contribution >= 4 is 17.6 Å². The number of piperazine rings is 1. The molecule has 8 nitrogen and oxygen atoms in total. The van der Waals surface area contributed by atoms with Gasteiger partial charge in [-0.1, -0.05) is 12.1 Å². The zero-order chi connectivity index (χ0) is 20.8. The van der Waals surface area contributed by atoms with Crippen molar-refractivity contribution in [3.63, 3.8) is 0 Å². The van der Waals surface area contributed by atoms with Crippen LogP contribution in [-0.2, 0) is 16.6 Å². The number of hydrogen-bond donors (Lipinski definition) is 1. The van der Waals surface area contributed by atoms with Gasteiger partial charge < -0.3 is 19.9 Å². The summed E-state index contributed by atoms with van der Waals surface area (Å²) in [5.41, 5.74) is 1.65. The Morgan fingerprint density at radius 1 is 1.34 bits per heavy atom. The van der Waals surface area contributed by atoms with Crippen molar-refractivity contribution in [1.82, 2.24) is 20.0 Å². The van der Waals surface area contributed by atoms with Gasteiger partial charge in [0.15, 0.2) is 5.96 Å². The number of rotatable bonds is 6. The number of aromatic nitrogens is 2. The molecule has 3 rings (SSSR count). The van der Waals surface area contributed by atoms with Gasteiger partial charge in [0, 0.05) is 40.0 Å². The molecular formula is C20H27FN6O2. The van der Waals surface area contributed by atoms with Crippen LogP contribution in [0.5, 0.6) is 0 Å². The van der Waals surface area contributed by atoms with Crippen LogP contribution in [-0.4, -0.2) is 66.4 Å². The molecule has 0 radical (unpaired) electrons. The van der Waals surface area contributed by atoms with Gasteiger partial charge in [-0.05, 0) is 24.6 Å². The molecule has 1 N–H and O–H groups in total. The molecule has 2 aromatic rings. The molecule has 1 aromatic heterocycles. The van der Waals surface area contributed by atoms with E-state index in [-0.39, 0.29) is 24.4 Å². The third-order valence-electron chi connectivity index (χ3n) is 4.79. The molecular weight excluding hydrogens is 375 g/mol. The fourth-order valence-electron chi connectivity index (χ4n) is 3.26. The molecule has 1 atom stereocenters. The Morgan fingerprint density at radius 2 is 2.10 bits per heavy atom. The number of amides is 1. The van der Waals surface area contributed by atoms with Gasteiger partial charge in [-0.25, -0.2) is 4.39 Å². The third-order valence-corrected chi connectivity index (χ3v) is 4.79. The summed E-state index contributed by atoms with van der Waals surface area (Å²) in [4.78, 5) is 21.0. The van der Waals surface area contributed by atoms with Crippen molar-refractivity contribution in [3.8, 4) is 0 Å². The average molecular weight is 402 g/mol. The van der Waals surface area contributed by atoms with E-state index < -0.39 is 0 Å². The van der Waals surface area contributed by atoms with E-state index in [9.17, 15) is 9.18 Å². The van der Waals surface area contributed by atoms with Crippen LogP contribution in [0.2, 0.25) is 0 Å². The lowest BCUT2D eigenvalue weighted by Gasteiger charge is -2.35. The molecule has 29 heavy (non-hydrogen) atoms. The summed E-state index contributed by atoms with van der Waals surface area (Å²) in [6, 6.07) is 6.21. The van der Waals surface area contributed by atoms with Crippen LogP contribution in [0, 0.1) is 5.82 Å². The first-order chi connectivity index (χ1) is 14.0. The second-order valence-corrected chi connectivity index (χ2v) is 6.81. The van der Waals surface area contributed by atoms with Gasteiger partial charge >= 0.3 is 0 Å². The molecule has 0 spiro atoms. The number of carbonyl (C=O) groups excluding carboxylic acids is 1. The van der Waals surface area contributed by atoms with E-state index >= 15 is 0 Å². The smallest absolute Gasteiger partial charge is 0.246 e. The normalized spacial score (nSPS) is 16.3. The highest BCUT2D eigenvalue weighted by molar-refractivity contribution is 5.98. The maximum atomic E-state index is 13.2. The largest absolute Gasteiger partial charge is 0.375 e. The summed E-state index contributed by atoms with van der Waals surface area (Å²) in [5.74, 6) is 0.373. The monoisotopic (exact) mass is 402 g/mol. The minimum atomic E-state index is -0.295. The molecule has 1 aliphatic heterocycles. The van der Waals surface area contributed by atoms with Gasteiger partial charge in [-0.15, -0.1) is 0 Å². The van der Waals surface area contributed by atoms with Gasteiger partial charge in [0.2, 0.25) is 5.91 Å². The number of halogens is 1. The number of methoxy groups -OCH3 is 1. The summed E-state index contributed by atoms with van der Waals surface area (Å²) in [7, 11) is 3.43. The van der Waals surface area contributed by atoms with Crippen LogP contribution in [0.25, 0.3) is 0 Å². The number of anilines is 1. The van der Waals surface area contributed by atoms with Gasteiger partial charge in [-0.2, -0.15) is 5.10 Å². The van der Waals surface area contributed by atoms with E-state index in [1.807, 2.05) is 25.1 Å². The molecule has 2 heterocycles. The van der Waals surface area contributed by atoms with E-state index in [1.165, 1.54) is 12.1 Å². The van der Waals surface area contributed by atoms with Crippen molar-refractivity contribution in [1.29, 1.82) is 0 Å². The lowest BCUT2D eigenvalue weighted by Crippen LogP contribution is -2.55. The van der Waals surface area contributed by atoms with E-state index in [1.54, 1.807) is 35.0 Å². The van der Waals surface area contributed by atoms with Gasteiger partial charge in [0.1, 0.15) is 18.5 Å². The predicted octanol–water partition coefficient (Wildman–Crippen LogP) is 1.56. The zero-order valence-corrected chi connectivity index (χ0v) is 17.0. The highest BCUT2D eigenvalue weighted by Gasteiger charge is 2.27. The summed E-state index contributed by atoms with van der Waals surface area (Å²) < 4.78 is 20.4. The molecule has 1 aromatic carbocycles. The van der Waals surface area contributed by atoms with E-state index in [4.69, 9.17) is 4.74 Å². The fourth-order valence-corrected chi connectivity index (χ4v) is 3.26. The number of aliphatic imine (C=N–C) groups is 1. The summed E-state index contributed by atoms with van der Waals surface area (Å²) in [6.45, 7) is 4.47. The summed E-state index contributed by atoms with van der Waals surface area (Å²) in [5, 5.41) is 7.38. The zero-order valence-electron chi connectivity index (χ0n) is 17.0. The maximum Gasteiger partial charge on any atom is 0.246 e. The highest BCUT2D eigenvalue weighted by Crippen LogP contribution is 2.19. The second kappa shape index (κ2) is 9.51. The number of aryl methyl sites for hydroxylation is 1. The Balaban J connectivity index is 1.68. The van der Waals surface area contributed by atoms with Crippen molar-refractivity contribution in [3.05, 3.63) is 48.0 Å². The topological polar surface area (TPSA) is 75.0 Å². The Labute approximate surface area is 170 Å². The Kier molecular flexibility index (Phi) is 6.82. The quantitative estimate of drug-likeness (QED) is 0.586. The van der Waals surface area contributed by atoms with Crippen LogP contribution >= 0.6 is 0 Å². The SMILES string of the molecule is CCNC(=NCC(OC)c1ccc(F)cc1)N1CCN(c2cnn(C)c2)C(=O)C1. The average Bonchev–Trinajstić information content (AvgIpc) is 3.14. The van der Waals surface area contributed by atoms with Gasteiger partial charge in [0.05, 0.1) is 18.4 Å². The Morgan fingerprint density at radius 3 is 2.69 bits per heavy atom. The van der Waals surface area contributed by atoms with Crippen molar-refractivity contribution in [2.45, 2.75) is 13.0 Å². The number of hydrogen-bond acceptors (Lipinski definition) is 4. The van der Waals surface area contributed by atoms with Crippen LogP contribution in [0.15, 0.2) is 41.7 Å². The molecule has 1 amide bonds. The molecule has 9 heteroatoms. The highest BCUT2D eigenvalue weighted by atomic mass is 19.1. The maximum absolute atomic E-state index is 13.2. The van der Waals surface area contributed by atoms with Gasteiger partial charge in [0.25, 0.3) is 0 Å². The molecule has 0 bridgehead atoms. The summed E-state index contributed by atoms with van der Waals surface area (Å²) in [6.07, 6.45) is 3.23. The lowest BCUT2D eigenvalue weighted by atomic mass is 10.1. The van der Waals surface area contributed by atoms with Crippen molar-refractivity contribution in [2.75, 3.05) is 44.7 Å². The fraction of sp³-hybridized carbons (Fsp3) is 0.450. The molecule has 0 saturated carbocycles. The number of carbonyl (C=O) groups is 1. The van der Waals surface area contributed by atoms with Crippen LogP contribution in [0.3, 0.4) is 0 Å². The Hall–Kier alpha value is -2.94. The van der Waals surface area contributed by atoms with Gasteiger partial charge in [-0.3, -0.25) is 14.5 Å². The van der Waals surface area contributed by atoms with E-state index in [2.05, 4.69) is 15.4 Å². The van der Waals surface area contributed by atoms with Crippen molar-refractivity contribution in [2.24, 2.45) is 12.0 Å². The molecule has 0 aliphatic carbocycles. The molecule has 1 saturated heterocycles. The number of benzene rings is 1. The lowest BCUT2D eigenvalue weighted by molar-refractivity contribution is -0.120. The van der Waals surface area contributed by atoms with Crippen LogP contribution < -0.4 is 10.2 Å². The standard InChI is InChI=1S/C20H27FN6O2/c1-4-22-20(23-12-18(29-3)15-5-7-16(21)8-6-15)26-9-10-27(19(28)14-26)17-11-24-25(2)13-17/h5-8,11,13,18H,4,9-10,12,14H2,1-3H3,(H,22,23). The van der Waals surface area contributed by atoms with E-state index in [0.717, 1.165) is 11.3 Å². The van der Waals surface area contributed by atoms with Crippen molar-refractivity contribution < 1.29 is 13.9 Å². The van der Waals surface area contributed by atoms with Crippen LogP contribution in [0.1, 0.15) is 18.6 Å². The Bertz CT molecular complexity index is 851. The summed E-state index contributed by atoms with van der Waals surface area (Å²) >= 11 is 0. The first-order valence-corrected chi connectivity index (χ1v) is 9.62. The first-order valence-electron chi connectivity index (χ1n) is 9.62. The number of nitrogens with one attached hydrogen (secondary N) is 1. The molecule has 1 fully saturated rings. The van der Waals surface area contributed by atoms with Crippen LogP contribution in [0.4, 0.5) is 10.1 Å². The number of ether oxygens (including phenoxy) is 1. The minimum Gasteiger partial charge on any atom is -0.375 e. The third kappa shape index (κ3) is 5.11. The van der Waals surface area contributed by atoms with E-state index in [0.29, 0.717) is 32.1 Å². The minimum absolute atomic E-state index is 0.00307.